The van der Waals surface area contributed by atoms with E-state index in [2.05, 4.69) is 21.9 Å². The molecule has 0 amide bonds. The largest absolute Gasteiger partial charge is 0.458 e. The summed E-state index contributed by atoms with van der Waals surface area (Å²) in [5, 5.41) is 0. The highest BCUT2D eigenvalue weighted by Gasteiger charge is 2.10. The number of nitrogens with zero attached hydrogens (tertiary/aromatic N) is 2. The Morgan fingerprint density at radius 1 is 1.29 bits per heavy atom. The number of furan rings is 1. The first kappa shape index (κ1) is 10.1. The van der Waals surface area contributed by atoms with Crippen molar-refractivity contribution >= 4 is 11.2 Å². The lowest BCUT2D eigenvalue weighted by Crippen LogP contribution is -1.78. The van der Waals surface area contributed by atoms with Crippen LogP contribution in [0.25, 0.3) is 22.7 Å². The van der Waals surface area contributed by atoms with Gasteiger partial charge < -0.3 is 9.40 Å². The average Bonchev–Trinajstić information content (AvgIpc) is 2.95. The molecule has 0 spiro atoms. The van der Waals surface area contributed by atoms with Gasteiger partial charge in [0.1, 0.15) is 5.76 Å². The Hall–Kier alpha value is -2.10. The molecule has 3 aromatic heterocycles. The molecule has 0 fully saturated rings. The van der Waals surface area contributed by atoms with Crippen molar-refractivity contribution in [3.8, 4) is 11.6 Å². The van der Waals surface area contributed by atoms with E-state index in [1.807, 2.05) is 25.1 Å². The maximum atomic E-state index is 5.67. The first-order valence-corrected chi connectivity index (χ1v) is 5.68. The molecule has 0 saturated carbocycles. The third-order valence-electron chi connectivity index (χ3n) is 2.84. The molecule has 4 heteroatoms. The van der Waals surface area contributed by atoms with Crippen molar-refractivity contribution in [2.24, 2.45) is 0 Å². The Bertz CT molecular complexity index is 666. The van der Waals surface area contributed by atoms with Gasteiger partial charge in [0.25, 0.3) is 0 Å². The molecule has 17 heavy (non-hydrogen) atoms. The van der Waals surface area contributed by atoms with Crippen molar-refractivity contribution in [3.63, 3.8) is 0 Å². The zero-order chi connectivity index (χ0) is 11.8. The zero-order valence-electron chi connectivity index (χ0n) is 9.82. The van der Waals surface area contributed by atoms with Gasteiger partial charge in [-0.1, -0.05) is 6.92 Å². The van der Waals surface area contributed by atoms with Gasteiger partial charge in [-0.05, 0) is 30.7 Å². The van der Waals surface area contributed by atoms with Crippen molar-refractivity contribution in [1.82, 2.24) is 15.0 Å². The SMILES string of the molecule is CCc1ccc(-c2nc3nccc(C)c3[nH]2)o1. The molecule has 0 atom stereocenters. The predicted octanol–water partition coefficient (Wildman–Crippen LogP) is 3.09. The molecule has 0 aliphatic heterocycles. The minimum atomic E-state index is 0.731. The molecule has 0 aliphatic carbocycles. The average molecular weight is 227 g/mol. The molecule has 0 radical (unpaired) electrons. The van der Waals surface area contributed by atoms with Gasteiger partial charge in [0.15, 0.2) is 17.2 Å². The van der Waals surface area contributed by atoms with Crippen molar-refractivity contribution in [3.05, 3.63) is 35.7 Å². The monoisotopic (exact) mass is 227 g/mol. The van der Waals surface area contributed by atoms with Crippen LogP contribution in [0.15, 0.2) is 28.8 Å². The fourth-order valence-electron chi connectivity index (χ4n) is 1.85. The molecular weight excluding hydrogens is 214 g/mol. The van der Waals surface area contributed by atoms with E-state index in [0.717, 1.165) is 40.5 Å². The van der Waals surface area contributed by atoms with Crippen molar-refractivity contribution in [2.75, 3.05) is 0 Å². The maximum absolute atomic E-state index is 5.67. The minimum absolute atomic E-state index is 0.731. The van der Waals surface area contributed by atoms with Crippen LogP contribution in [0.2, 0.25) is 0 Å². The molecule has 1 N–H and O–H groups in total. The van der Waals surface area contributed by atoms with Crippen LogP contribution in [-0.2, 0) is 6.42 Å². The van der Waals surface area contributed by atoms with Gasteiger partial charge in [-0.25, -0.2) is 9.97 Å². The number of fused-ring (bicyclic) bond motifs is 1. The first-order chi connectivity index (χ1) is 8.28. The number of H-pyrrole nitrogens is 1. The van der Waals surface area contributed by atoms with E-state index in [1.54, 1.807) is 6.20 Å². The number of nitrogens with one attached hydrogen (secondary N) is 1. The van der Waals surface area contributed by atoms with Crippen molar-refractivity contribution in [2.45, 2.75) is 20.3 Å². The standard InChI is InChI=1S/C13H13N3O/c1-3-9-4-5-10(17-9)12-15-11-8(2)6-7-14-13(11)16-12/h4-7H,3H2,1-2H3,(H,14,15,16). The summed E-state index contributed by atoms with van der Waals surface area (Å²) in [5.41, 5.74) is 2.84. The summed E-state index contributed by atoms with van der Waals surface area (Å²) in [6, 6.07) is 5.87. The minimum Gasteiger partial charge on any atom is -0.458 e. The van der Waals surface area contributed by atoms with Crippen molar-refractivity contribution in [1.29, 1.82) is 0 Å². The second kappa shape index (κ2) is 3.73. The van der Waals surface area contributed by atoms with E-state index in [0.29, 0.717) is 0 Å². The second-order valence-corrected chi connectivity index (χ2v) is 4.03. The van der Waals surface area contributed by atoms with E-state index >= 15 is 0 Å². The number of aromatic nitrogens is 3. The summed E-state index contributed by atoms with van der Waals surface area (Å²) in [5.74, 6) is 2.46. The lowest BCUT2D eigenvalue weighted by atomic mass is 10.3. The number of hydrogen-bond donors (Lipinski definition) is 1. The van der Waals surface area contributed by atoms with Crippen LogP contribution in [0.5, 0.6) is 0 Å². The smallest absolute Gasteiger partial charge is 0.178 e. The third kappa shape index (κ3) is 1.62. The lowest BCUT2D eigenvalue weighted by Gasteiger charge is -1.91. The molecule has 4 nitrogen and oxygen atoms in total. The van der Waals surface area contributed by atoms with E-state index in [-0.39, 0.29) is 0 Å². The van der Waals surface area contributed by atoms with Crippen LogP contribution in [0.3, 0.4) is 0 Å². The second-order valence-electron chi connectivity index (χ2n) is 4.03. The Morgan fingerprint density at radius 3 is 2.88 bits per heavy atom. The molecule has 0 saturated heterocycles. The highest BCUT2D eigenvalue weighted by Crippen LogP contribution is 2.23. The van der Waals surface area contributed by atoms with Gasteiger partial charge in [-0.3, -0.25) is 0 Å². The normalized spacial score (nSPS) is 11.2. The summed E-state index contributed by atoms with van der Waals surface area (Å²) >= 11 is 0. The quantitative estimate of drug-likeness (QED) is 0.731. The number of pyridine rings is 1. The third-order valence-corrected chi connectivity index (χ3v) is 2.84. The summed E-state index contributed by atoms with van der Waals surface area (Å²) in [6.07, 6.45) is 2.65. The molecule has 0 unspecified atom stereocenters. The van der Waals surface area contributed by atoms with Gasteiger partial charge in [0, 0.05) is 12.6 Å². The van der Waals surface area contributed by atoms with Gasteiger partial charge >= 0.3 is 0 Å². The molecule has 86 valence electrons. The number of imidazole rings is 1. The Kier molecular flexibility index (Phi) is 2.21. The van der Waals surface area contributed by atoms with Gasteiger partial charge in [0.05, 0.1) is 5.52 Å². The summed E-state index contributed by atoms with van der Waals surface area (Å²) in [6.45, 7) is 4.10. The molecular formula is C13H13N3O. The topological polar surface area (TPSA) is 54.7 Å². The number of hydrogen-bond acceptors (Lipinski definition) is 3. The Morgan fingerprint density at radius 2 is 2.18 bits per heavy atom. The highest BCUT2D eigenvalue weighted by atomic mass is 16.3. The lowest BCUT2D eigenvalue weighted by molar-refractivity contribution is 0.526. The summed E-state index contributed by atoms with van der Waals surface area (Å²) in [4.78, 5) is 11.9. The first-order valence-electron chi connectivity index (χ1n) is 5.68. The van der Waals surface area contributed by atoms with Crippen molar-refractivity contribution < 1.29 is 4.42 Å². The highest BCUT2D eigenvalue weighted by molar-refractivity contribution is 5.77. The number of aromatic amines is 1. The predicted molar refractivity (Wildman–Crippen MR) is 65.7 cm³/mol. The molecule has 3 heterocycles. The Balaban J connectivity index is 2.14. The van der Waals surface area contributed by atoms with E-state index in [4.69, 9.17) is 4.42 Å². The van der Waals surface area contributed by atoms with Gasteiger partial charge in [0.2, 0.25) is 0 Å². The fourth-order valence-corrected chi connectivity index (χ4v) is 1.85. The van der Waals surface area contributed by atoms with Crippen LogP contribution in [0.4, 0.5) is 0 Å². The van der Waals surface area contributed by atoms with Crippen LogP contribution in [-0.4, -0.2) is 15.0 Å². The van der Waals surface area contributed by atoms with Crippen LogP contribution in [0.1, 0.15) is 18.2 Å². The van der Waals surface area contributed by atoms with E-state index < -0.39 is 0 Å². The van der Waals surface area contributed by atoms with Crippen LogP contribution >= 0.6 is 0 Å². The van der Waals surface area contributed by atoms with E-state index in [9.17, 15) is 0 Å². The molecule has 3 aromatic rings. The molecule has 0 bridgehead atoms. The summed E-state index contributed by atoms with van der Waals surface area (Å²) < 4.78 is 5.67. The Labute approximate surface area is 98.7 Å². The molecule has 0 aliphatic rings. The van der Waals surface area contributed by atoms with Crippen LogP contribution < -0.4 is 0 Å². The fraction of sp³-hybridized carbons (Fsp3) is 0.231. The molecule has 0 aromatic carbocycles. The number of rotatable bonds is 2. The molecule has 3 rings (SSSR count). The zero-order valence-corrected chi connectivity index (χ0v) is 9.82. The van der Waals surface area contributed by atoms with Gasteiger partial charge in [-0.15, -0.1) is 0 Å². The summed E-state index contributed by atoms with van der Waals surface area (Å²) in [7, 11) is 0. The van der Waals surface area contributed by atoms with E-state index in [1.165, 1.54) is 0 Å². The number of aryl methyl sites for hydroxylation is 2. The van der Waals surface area contributed by atoms with Gasteiger partial charge in [-0.2, -0.15) is 0 Å². The maximum Gasteiger partial charge on any atom is 0.178 e. The van der Waals surface area contributed by atoms with Crippen LogP contribution in [0, 0.1) is 6.92 Å².